The number of unbranched alkanes of at least 4 members (excludes halogenated alkanes) is 3. The highest BCUT2D eigenvalue weighted by molar-refractivity contribution is 5.78. The molecule has 0 spiro atoms. The highest BCUT2D eigenvalue weighted by Crippen LogP contribution is 2.61. The average molecular weight is 276 g/mol. The molecule has 0 atom stereocenters. The third kappa shape index (κ3) is 3.28. The van der Waals surface area contributed by atoms with Crippen molar-refractivity contribution in [2.75, 3.05) is 0 Å². The van der Waals surface area contributed by atoms with Crippen LogP contribution in [0.25, 0.3) is 0 Å². The van der Waals surface area contributed by atoms with Gasteiger partial charge < -0.3 is 0 Å². The van der Waals surface area contributed by atoms with Gasteiger partial charge in [-0.05, 0) is 74.5 Å². The molecule has 4 bridgehead atoms. The van der Waals surface area contributed by atoms with Crippen LogP contribution in [0.15, 0.2) is 0 Å². The summed E-state index contributed by atoms with van der Waals surface area (Å²) in [5.41, 5.74) is 0.605. The van der Waals surface area contributed by atoms with Gasteiger partial charge in [0.25, 0.3) is 0 Å². The lowest BCUT2D eigenvalue weighted by Crippen LogP contribution is -2.46. The van der Waals surface area contributed by atoms with Crippen LogP contribution < -0.4 is 0 Å². The summed E-state index contributed by atoms with van der Waals surface area (Å²) in [6, 6.07) is 0. The Balaban J connectivity index is 1.43. The van der Waals surface area contributed by atoms with E-state index >= 15 is 0 Å². The lowest BCUT2D eigenvalue weighted by Gasteiger charge is -2.57. The summed E-state index contributed by atoms with van der Waals surface area (Å²) in [5.74, 6) is 3.64. The molecule has 1 nitrogen and oxygen atoms in total. The Labute approximate surface area is 124 Å². The predicted octanol–water partition coefficient (Wildman–Crippen LogP) is 5.52. The zero-order valence-corrected chi connectivity index (χ0v) is 13.3. The lowest BCUT2D eigenvalue weighted by molar-refractivity contribution is -0.121. The molecular weight excluding hydrogens is 244 g/mol. The molecule has 0 aromatic carbocycles. The van der Waals surface area contributed by atoms with Gasteiger partial charge in [-0.3, -0.25) is 4.79 Å². The molecule has 1 heteroatoms. The summed E-state index contributed by atoms with van der Waals surface area (Å²) in [5, 5.41) is 0. The first-order chi connectivity index (χ1) is 9.69. The van der Waals surface area contributed by atoms with Crippen molar-refractivity contribution in [3.63, 3.8) is 0 Å². The number of Topliss-reactive ketones (excluding diaryl/α,β-unsaturated/α-hetero) is 1. The molecule has 0 heterocycles. The van der Waals surface area contributed by atoms with Crippen LogP contribution in [-0.2, 0) is 4.79 Å². The van der Waals surface area contributed by atoms with Crippen molar-refractivity contribution in [2.24, 2.45) is 23.2 Å². The van der Waals surface area contributed by atoms with Crippen LogP contribution >= 0.6 is 0 Å². The van der Waals surface area contributed by atoms with Crippen LogP contribution in [-0.4, -0.2) is 5.78 Å². The van der Waals surface area contributed by atoms with Gasteiger partial charge in [0, 0.05) is 12.8 Å². The van der Waals surface area contributed by atoms with Crippen LogP contribution in [0.2, 0.25) is 0 Å². The fourth-order valence-corrected chi connectivity index (χ4v) is 5.87. The van der Waals surface area contributed by atoms with Gasteiger partial charge in [-0.2, -0.15) is 0 Å². The molecule has 4 saturated carbocycles. The molecule has 0 N–H and O–H groups in total. The first-order valence-corrected chi connectivity index (χ1v) is 9.21. The second kappa shape index (κ2) is 6.20. The Hall–Kier alpha value is -0.330. The van der Waals surface area contributed by atoms with Crippen molar-refractivity contribution in [3.8, 4) is 0 Å². The van der Waals surface area contributed by atoms with Crippen LogP contribution in [0.4, 0.5) is 0 Å². The molecule has 4 aliphatic rings. The number of hydrogen-bond donors (Lipinski definition) is 0. The van der Waals surface area contributed by atoms with E-state index in [1.807, 2.05) is 0 Å². The summed E-state index contributed by atoms with van der Waals surface area (Å²) in [6.45, 7) is 2.23. The van der Waals surface area contributed by atoms with Crippen LogP contribution in [0.5, 0.6) is 0 Å². The van der Waals surface area contributed by atoms with Gasteiger partial charge >= 0.3 is 0 Å². The molecule has 20 heavy (non-hydrogen) atoms. The molecule has 0 unspecified atom stereocenters. The topological polar surface area (TPSA) is 17.1 Å². The van der Waals surface area contributed by atoms with Crippen molar-refractivity contribution in [1.29, 1.82) is 0 Å². The zero-order chi connectivity index (χ0) is 14.0. The minimum absolute atomic E-state index is 0.553. The Morgan fingerprint density at radius 2 is 1.50 bits per heavy atom. The van der Waals surface area contributed by atoms with Crippen LogP contribution in [0.3, 0.4) is 0 Å². The lowest BCUT2D eigenvalue weighted by atomic mass is 9.48. The highest BCUT2D eigenvalue weighted by atomic mass is 16.1. The monoisotopic (exact) mass is 276 g/mol. The first-order valence-electron chi connectivity index (χ1n) is 9.21. The van der Waals surface area contributed by atoms with E-state index < -0.39 is 0 Å². The maximum absolute atomic E-state index is 12.1. The standard InChI is InChI=1S/C19H32O/c1-2-3-4-5-6-18(20)7-8-19-12-15-9-16(13-19)11-17(10-15)14-19/h15-17H,2-14H2,1H3. The van der Waals surface area contributed by atoms with E-state index in [2.05, 4.69) is 6.92 Å². The fraction of sp³-hybridized carbons (Fsp3) is 0.947. The van der Waals surface area contributed by atoms with E-state index in [0.29, 0.717) is 11.2 Å². The van der Waals surface area contributed by atoms with E-state index in [9.17, 15) is 4.79 Å². The van der Waals surface area contributed by atoms with Gasteiger partial charge in [-0.25, -0.2) is 0 Å². The Bertz CT molecular complexity index is 308. The SMILES string of the molecule is CCCCCCC(=O)CCC12CC3CC(CC(C3)C1)C2. The summed E-state index contributed by atoms with van der Waals surface area (Å²) in [4.78, 5) is 12.1. The minimum Gasteiger partial charge on any atom is -0.300 e. The second-order valence-corrected chi connectivity index (χ2v) is 8.27. The summed E-state index contributed by atoms with van der Waals surface area (Å²) < 4.78 is 0. The van der Waals surface area contributed by atoms with E-state index in [4.69, 9.17) is 0 Å². The zero-order valence-electron chi connectivity index (χ0n) is 13.3. The Kier molecular flexibility index (Phi) is 4.52. The van der Waals surface area contributed by atoms with E-state index in [-0.39, 0.29) is 0 Å². The molecule has 4 rings (SSSR count). The largest absolute Gasteiger partial charge is 0.300 e. The predicted molar refractivity (Wildman–Crippen MR) is 83.6 cm³/mol. The van der Waals surface area contributed by atoms with Crippen molar-refractivity contribution in [2.45, 2.75) is 90.4 Å². The van der Waals surface area contributed by atoms with Crippen molar-refractivity contribution < 1.29 is 4.79 Å². The quantitative estimate of drug-likeness (QED) is 0.533. The second-order valence-electron chi connectivity index (χ2n) is 8.27. The van der Waals surface area contributed by atoms with E-state index in [1.165, 1.54) is 64.2 Å². The van der Waals surface area contributed by atoms with Gasteiger partial charge in [-0.1, -0.05) is 26.2 Å². The summed E-state index contributed by atoms with van der Waals surface area (Å²) >= 11 is 0. The Morgan fingerprint density at radius 1 is 0.900 bits per heavy atom. The number of rotatable bonds is 8. The third-order valence-corrected chi connectivity index (χ3v) is 6.41. The molecule has 4 aliphatic carbocycles. The molecule has 0 aromatic heterocycles. The van der Waals surface area contributed by atoms with Crippen molar-refractivity contribution >= 4 is 5.78 Å². The molecule has 4 fully saturated rings. The van der Waals surface area contributed by atoms with Gasteiger partial charge in [0.15, 0.2) is 0 Å². The van der Waals surface area contributed by atoms with Crippen molar-refractivity contribution in [3.05, 3.63) is 0 Å². The molecule has 0 radical (unpaired) electrons. The van der Waals surface area contributed by atoms with Crippen LogP contribution in [0.1, 0.15) is 90.4 Å². The first kappa shape index (κ1) is 14.6. The van der Waals surface area contributed by atoms with Crippen molar-refractivity contribution in [1.82, 2.24) is 0 Å². The molecular formula is C19H32O. The molecule has 0 amide bonds. The van der Waals surface area contributed by atoms with Gasteiger partial charge in [0.05, 0.1) is 0 Å². The Morgan fingerprint density at radius 3 is 2.05 bits per heavy atom. The molecule has 0 aliphatic heterocycles. The number of carbonyl (C=O) groups is 1. The normalized spacial score (nSPS) is 38.4. The molecule has 0 saturated heterocycles. The van der Waals surface area contributed by atoms with Gasteiger partial charge in [-0.15, -0.1) is 0 Å². The van der Waals surface area contributed by atoms with Gasteiger partial charge in [0.2, 0.25) is 0 Å². The minimum atomic E-state index is 0.553. The summed E-state index contributed by atoms with van der Waals surface area (Å²) in [7, 11) is 0. The maximum Gasteiger partial charge on any atom is 0.132 e. The van der Waals surface area contributed by atoms with Gasteiger partial charge in [0.1, 0.15) is 5.78 Å². The fourth-order valence-electron chi connectivity index (χ4n) is 5.87. The maximum atomic E-state index is 12.1. The number of hydrogen-bond acceptors (Lipinski definition) is 1. The highest BCUT2D eigenvalue weighted by Gasteiger charge is 2.50. The number of carbonyl (C=O) groups excluding carboxylic acids is 1. The smallest absolute Gasteiger partial charge is 0.132 e. The van der Waals surface area contributed by atoms with E-state index in [0.717, 1.165) is 37.0 Å². The summed E-state index contributed by atoms with van der Waals surface area (Å²) in [6.07, 6.45) is 16.8. The number of ketones is 1. The molecule has 114 valence electrons. The van der Waals surface area contributed by atoms with Crippen LogP contribution in [0, 0.1) is 23.2 Å². The van der Waals surface area contributed by atoms with E-state index in [1.54, 1.807) is 0 Å². The molecule has 0 aromatic rings. The average Bonchev–Trinajstić information content (AvgIpc) is 2.40. The third-order valence-electron chi connectivity index (χ3n) is 6.41.